The second-order valence-electron chi connectivity index (χ2n) is 4.10. The number of aromatic amines is 1. The van der Waals surface area contributed by atoms with Crippen molar-refractivity contribution < 1.29 is 9.53 Å². The van der Waals surface area contributed by atoms with Crippen LogP contribution >= 0.6 is 0 Å². The van der Waals surface area contributed by atoms with E-state index in [0.29, 0.717) is 18.1 Å². The Hall–Kier alpha value is -2.11. The second-order valence-corrected chi connectivity index (χ2v) is 4.10. The molecule has 0 aliphatic carbocycles. The monoisotopic (exact) mass is 248 g/mol. The fourth-order valence-corrected chi connectivity index (χ4v) is 1.61. The highest BCUT2D eigenvalue weighted by Gasteiger charge is 2.10. The Balaban J connectivity index is 2.24. The minimum Gasteiger partial charge on any atom is -0.466 e. The van der Waals surface area contributed by atoms with Crippen molar-refractivity contribution in [2.24, 2.45) is 0 Å². The summed E-state index contributed by atoms with van der Waals surface area (Å²) in [6.45, 7) is 2.16. The number of anilines is 1. The SMILES string of the molecule is CCOC(=O)Cc1nc2nc(N(C)C)ccc2[nH]1. The van der Waals surface area contributed by atoms with Gasteiger partial charge < -0.3 is 14.6 Å². The van der Waals surface area contributed by atoms with Crippen LogP contribution in [0.3, 0.4) is 0 Å². The van der Waals surface area contributed by atoms with E-state index in [0.717, 1.165) is 11.3 Å². The smallest absolute Gasteiger partial charge is 0.313 e. The van der Waals surface area contributed by atoms with Gasteiger partial charge in [0.2, 0.25) is 0 Å². The van der Waals surface area contributed by atoms with E-state index >= 15 is 0 Å². The number of esters is 1. The van der Waals surface area contributed by atoms with Crippen LogP contribution in [-0.4, -0.2) is 41.6 Å². The molecule has 2 aromatic rings. The van der Waals surface area contributed by atoms with Crippen LogP contribution in [0.5, 0.6) is 0 Å². The maximum absolute atomic E-state index is 11.4. The molecule has 6 heteroatoms. The molecule has 2 aromatic heterocycles. The lowest BCUT2D eigenvalue weighted by Gasteiger charge is -2.09. The van der Waals surface area contributed by atoms with E-state index in [1.165, 1.54) is 0 Å². The molecule has 1 N–H and O–H groups in total. The second kappa shape index (κ2) is 5.03. The van der Waals surface area contributed by atoms with Crippen LogP contribution < -0.4 is 4.90 Å². The molecule has 96 valence electrons. The lowest BCUT2D eigenvalue weighted by atomic mass is 10.4. The number of H-pyrrole nitrogens is 1. The highest BCUT2D eigenvalue weighted by Crippen LogP contribution is 2.14. The summed E-state index contributed by atoms with van der Waals surface area (Å²) < 4.78 is 4.88. The Morgan fingerprint density at radius 2 is 2.17 bits per heavy atom. The van der Waals surface area contributed by atoms with Gasteiger partial charge in [-0.2, -0.15) is 0 Å². The molecule has 6 nitrogen and oxygen atoms in total. The van der Waals surface area contributed by atoms with Crippen LogP contribution in [0, 0.1) is 0 Å². The van der Waals surface area contributed by atoms with Gasteiger partial charge in [-0.05, 0) is 19.1 Å². The zero-order valence-corrected chi connectivity index (χ0v) is 10.7. The third kappa shape index (κ3) is 2.58. The Labute approximate surface area is 105 Å². The Morgan fingerprint density at radius 3 is 2.83 bits per heavy atom. The molecule has 0 fully saturated rings. The Bertz CT molecular complexity index is 562. The van der Waals surface area contributed by atoms with Crippen LogP contribution in [0.25, 0.3) is 11.2 Å². The van der Waals surface area contributed by atoms with Crippen LogP contribution in [0.1, 0.15) is 12.7 Å². The number of nitrogens with zero attached hydrogens (tertiary/aromatic N) is 3. The predicted octanol–water partition coefficient (Wildman–Crippen LogP) is 1.13. The molecule has 0 atom stereocenters. The number of pyridine rings is 1. The van der Waals surface area contributed by atoms with Crippen LogP contribution in [0.4, 0.5) is 5.82 Å². The molecule has 0 unspecified atom stereocenters. The normalized spacial score (nSPS) is 10.6. The summed E-state index contributed by atoms with van der Waals surface area (Å²) in [5, 5.41) is 0. The van der Waals surface area contributed by atoms with Gasteiger partial charge in [-0.15, -0.1) is 0 Å². The number of nitrogens with one attached hydrogen (secondary N) is 1. The number of hydrogen-bond donors (Lipinski definition) is 1. The molecule has 0 bridgehead atoms. The van der Waals surface area contributed by atoms with Gasteiger partial charge in [0.15, 0.2) is 5.65 Å². The van der Waals surface area contributed by atoms with E-state index in [1.807, 2.05) is 31.1 Å². The van der Waals surface area contributed by atoms with Crippen molar-refractivity contribution in [3.63, 3.8) is 0 Å². The van der Waals surface area contributed by atoms with Crippen molar-refractivity contribution in [1.29, 1.82) is 0 Å². The van der Waals surface area contributed by atoms with E-state index in [2.05, 4.69) is 15.0 Å². The molecule has 2 rings (SSSR count). The number of rotatable bonds is 4. The average molecular weight is 248 g/mol. The number of fused-ring (bicyclic) bond motifs is 1. The number of imidazole rings is 1. The molecule has 0 spiro atoms. The average Bonchev–Trinajstić information content (AvgIpc) is 2.69. The van der Waals surface area contributed by atoms with Crippen LogP contribution in [-0.2, 0) is 16.0 Å². The van der Waals surface area contributed by atoms with E-state index in [1.54, 1.807) is 6.92 Å². The number of carbonyl (C=O) groups excluding carboxylic acids is 1. The molecular weight excluding hydrogens is 232 g/mol. The maximum atomic E-state index is 11.4. The number of carbonyl (C=O) groups is 1. The Kier molecular flexibility index (Phi) is 3.45. The maximum Gasteiger partial charge on any atom is 0.313 e. The fraction of sp³-hybridized carbons (Fsp3) is 0.417. The summed E-state index contributed by atoms with van der Waals surface area (Å²) in [4.78, 5) is 25.0. The quantitative estimate of drug-likeness (QED) is 0.821. The van der Waals surface area contributed by atoms with Gasteiger partial charge in [0, 0.05) is 14.1 Å². The molecule has 0 aliphatic rings. The highest BCUT2D eigenvalue weighted by molar-refractivity contribution is 5.76. The first-order chi connectivity index (χ1) is 8.60. The summed E-state index contributed by atoms with van der Waals surface area (Å²) in [5.41, 5.74) is 1.43. The van der Waals surface area contributed by atoms with Gasteiger partial charge in [-0.1, -0.05) is 0 Å². The van der Waals surface area contributed by atoms with Crippen LogP contribution in [0.2, 0.25) is 0 Å². The molecule has 0 saturated carbocycles. The summed E-state index contributed by atoms with van der Waals surface area (Å²) in [6.07, 6.45) is 0.140. The minimum absolute atomic E-state index is 0.140. The number of ether oxygens (including phenoxy) is 1. The zero-order chi connectivity index (χ0) is 13.1. The third-order valence-corrected chi connectivity index (χ3v) is 2.46. The van der Waals surface area contributed by atoms with Crippen molar-refractivity contribution in [2.75, 3.05) is 25.6 Å². The van der Waals surface area contributed by atoms with Gasteiger partial charge in [-0.3, -0.25) is 4.79 Å². The van der Waals surface area contributed by atoms with E-state index in [9.17, 15) is 4.79 Å². The first-order valence-corrected chi connectivity index (χ1v) is 5.78. The third-order valence-electron chi connectivity index (χ3n) is 2.46. The molecule has 0 aliphatic heterocycles. The molecule has 0 amide bonds. The topological polar surface area (TPSA) is 71.1 Å². The van der Waals surface area contributed by atoms with Gasteiger partial charge in [-0.25, -0.2) is 9.97 Å². The zero-order valence-electron chi connectivity index (χ0n) is 10.7. The van der Waals surface area contributed by atoms with Gasteiger partial charge in [0.05, 0.1) is 12.1 Å². The van der Waals surface area contributed by atoms with E-state index < -0.39 is 0 Å². The lowest BCUT2D eigenvalue weighted by Crippen LogP contribution is -2.10. The van der Waals surface area contributed by atoms with E-state index in [-0.39, 0.29) is 12.4 Å². The van der Waals surface area contributed by atoms with Gasteiger partial charge in [0.25, 0.3) is 0 Å². The fourth-order valence-electron chi connectivity index (χ4n) is 1.61. The first kappa shape index (κ1) is 12.3. The number of hydrogen-bond acceptors (Lipinski definition) is 5. The van der Waals surface area contributed by atoms with Crippen molar-refractivity contribution in [1.82, 2.24) is 15.0 Å². The lowest BCUT2D eigenvalue weighted by molar-refractivity contribution is -0.142. The van der Waals surface area contributed by atoms with Crippen molar-refractivity contribution in [2.45, 2.75) is 13.3 Å². The molecular formula is C12H16N4O2. The summed E-state index contributed by atoms with van der Waals surface area (Å²) in [5.74, 6) is 1.12. The van der Waals surface area contributed by atoms with E-state index in [4.69, 9.17) is 4.74 Å². The number of aromatic nitrogens is 3. The first-order valence-electron chi connectivity index (χ1n) is 5.78. The van der Waals surface area contributed by atoms with Gasteiger partial charge >= 0.3 is 5.97 Å². The minimum atomic E-state index is -0.288. The van der Waals surface area contributed by atoms with Gasteiger partial charge in [0.1, 0.15) is 18.1 Å². The highest BCUT2D eigenvalue weighted by atomic mass is 16.5. The summed E-state index contributed by atoms with van der Waals surface area (Å²) >= 11 is 0. The predicted molar refractivity (Wildman–Crippen MR) is 68.6 cm³/mol. The summed E-state index contributed by atoms with van der Waals surface area (Å²) in [7, 11) is 3.83. The summed E-state index contributed by atoms with van der Waals surface area (Å²) in [6, 6.07) is 3.80. The molecule has 0 aromatic carbocycles. The standard InChI is InChI=1S/C12H16N4O2/c1-4-18-11(17)7-9-13-8-5-6-10(16(2)3)15-12(8)14-9/h5-6H,4,7H2,1-3H3,(H,13,14,15). The molecule has 2 heterocycles. The van der Waals surface area contributed by atoms with Crippen molar-refractivity contribution >= 4 is 23.0 Å². The van der Waals surface area contributed by atoms with Crippen LogP contribution in [0.15, 0.2) is 12.1 Å². The molecule has 0 radical (unpaired) electrons. The van der Waals surface area contributed by atoms with Crippen molar-refractivity contribution in [3.05, 3.63) is 18.0 Å². The van der Waals surface area contributed by atoms with Crippen molar-refractivity contribution in [3.8, 4) is 0 Å². The largest absolute Gasteiger partial charge is 0.466 e. The molecule has 18 heavy (non-hydrogen) atoms. The Morgan fingerprint density at radius 1 is 1.39 bits per heavy atom. The molecule has 0 saturated heterocycles.